The fourth-order valence-electron chi connectivity index (χ4n) is 5.31. The van der Waals surface area contributed by atoms with E-state index in [9.17, 15) is 18.7 Å². The maximum Gasteiger partial charge on any atom is 0.251 e. The highest BCUT2D eigenvalue weighted by atomic mass is 19.1. The largest absolute Gasteiger partial charge is 0.390 e. The van der Waals surface area contributed by atoms with Crippen molar-refractivity contribution in [2.24, 2.45) is 0 Å². The molecule has 0 radical (unpaired) electrons. The number of aliphatic hydroxyl groups excluding tert-OH is 1. The summed E-state index contributed by atoms with van der Waals surface area (Å²) in [5.74, 6) is -1.74. The van der Waals surface area contributed by atoms with Crippen molar-refractivity contribution in [2.75, 3.05) is 39.8 Å². The average molecular weight is 595 g/mol. The van der Waals surface area contributed by atoms with Gasteiger partial charge in [0.25, 0.3) is 5.91 Å². The second-order valence-electron chi connectivity index (χ2n) is 11.4. The highest BCUT2D eigenvalue weighted by Gasteiger charge is 2.23. The molecule has 0 aromatic heterocycles. The molecule has 8 heteroatoms. The monoisotopic (exact) mass is 594 g/mol. The van der Waals surface area contributed by atoms with Gasteiger partial charge in [-0.15, -0.1) is 0 Å². The highest BCUT2D eigenvalue weighted by Crippen LogP contribution is 2.15. The number of carbonyl (C=O) groups is 1. The van der Waals surface area contributed by atoms with Crippen LogP contribution in [0.2, 0.25) is 0 Å². The average Bonchev–Trinajstić information content (AvgIpc) is 2.96. The molecule has 3 aromatic carbocycles. The molecule has 0 bridgehead atoms. The SMILES string of the molecule is CCc1cccc(CNC[C@H](O)[C@H](Cc2cc(F)cc(F)c2)NC(=O)c2cc(C)cc(CN(C)CCN(CC)CC)c2)c1. The Kier molecular flexibility index (Phi) is 13.7. The van der Waals surface area contributed by atoms with Crippen LogP contribution in [0.25, 0.3) is 0 Å². The number of carbonyl (C=O) groups excluding carboxylic acids is 1. The van der Waals surface area contributed by atoms with E-state index < -0.39 is 23.8 Å². The molecule has 0 saturated carbocycles. The van der Waals surface area contributed by atoms with Gasteiger partial charge in [-0.3, -0.25) is 4.79 Å². The molecule has 234 valence electrons. The summed E-state index contributed by atoms with van der Waals surface area (Å²) in [5, 5.41) is 17.4. The van der Waals surface area contributed by atoms with Crippen molar-refractivity contribution < 1.29 is 18.7 Å². The Balaban J connectivity index is 1.72. The van der Waals surface area contributed by atoms with Gasteiger partial charge in [0, 0.05) is 44.4 Å². The molecular weight excluding hydrogens is 546 g/mol. The maximum atomic E-state index is 14.0. The zero-order valence-corrected chi connectivity index (χ0v) is 26.3. The lowest BCUT2D eigenvalue weighted by Crippen LogP contribution is -2.48. The molecule has 3 N–H and O–H groups in total. The fraction of sp³-hybridized carbons (Fsp3) is 0.457. The molecule has 3 rings (SSSR count). The normalized spacial score (nSPS) is 13.0. The lowest BCUT2D eigenvalue weighted by molar-refractivity contribution is 0.0829. The Morgan fingerprint density at radius 1 is 0.884 bits per heavy atom. The molecule has 3 aromatic rings. The number of hydrogen-bond acceptors (Lipinski definition) is 5. The molecule has 43 heavy (non-hydrogen) atoms. The first-order valence-corrected chi connectivity index (χ1v) is 15.3. The van der Waals surface area contributed by atoms with E-state index in [2.05, 4.69) is 66.5 Å². The first kappa shape index (κ1) is 34.3. The number of aliphatic hydroxyl groups is 1. The van der Waals surface area contributed by atoms with Crippen LogP contribution in [-0.4, -0.2) is 72.7 Å². The first-order valence-electron chi connectivity index (χ1n) is 15.3. The predicted molar refractivity (Wildman–Crippen MR) is 170 cm³/mol. The minimum Gasteiger partial charge on any atom is -0.390 e. The second-order valence-corrected chi connectivity index (χ2v) is 11.4. The molecule has 0 heterocycles. The van der Waals surface area contributed by atoms with E-state index in [-0.39, 0.29) is 18.9 Å². The topological polar surface area (TPSA) is 67.8 Å². The van der Waals surface area contributed by atoms with E-state index in [0.29, 0.717) is 24.2 Å². The maximum absolute atomic E-state index is 14.0. The number of nitrogens with zero attached hydrogens (tertiary/aromatic N) is 2. The van der Waals surface area contributed by atoms with E-state index in [0.717, 1.165) is 55.4 Å². The van der Waals surface area contributed by atoms with Gasteiger partial charge < -0.3 is 25.5 Å². The van der Waals surface area contributed by atoms with Crippen LogP contribution in [0.5, 0.6) is 0 Å². The van der Waals surface area contributed by atoms with Crippen LogP contribution in [0.15, 0.2) is 60.7 Å². The van der Waals surface area contributed by atoms with Crippen LogP contribution in [0.1, 0.15) is 58.9 Å². The minimum atomic E-state index is -1.000. The van der Waals surface area contributed by atoms with Crippen molar-refractivity contribution in [1.29, 1.82) is 0 Å². The van der Waals surface area contributed by atoms with Crippen molar-refractivity contribution in [1.82, 2.24) is 20.4 Å². The third-order valence-electron chi connectivity index (χ3n) is 7.79. The van der Waals surface area contributed by atoms with Crippen LogP contribution >= 0.6 is 0 Å². The van der Waals surface area contributed by atoms with E-state index in [1.165, 1.54) is 17.7 Å². The number of aryl methyl sites for hydroxylation is 2. The van der Waals surface area contributed by atoms with E-state index in [1.54, 1.807) is 0 Å². The quantitative estimate of drug-likeness (QED) is 0.203. The Labute approximate surface area is 256 Å². The Hall–Kier alpha value is -3.17. The summed E-state index contributed by atoms with van der Waals surface area (Å²) in [4.78, 5) is 18.1. The molecule has 0 unspecified atom stereocenters. The van der Waals surface area contributed by atoms with E-state index in [1.807, 2.05) is 31.2 Å². The van der Waals surface area contributed by atoms with Crippen molar-refractivity contribution in [3.63, 3.8) is 0 Å². The summed E-state index contributed by atoms with van der Waals surface area (Å²) < 4.78 is 28.0. The first-order chi connectivity index (χ1) is 20.6. The second kappa shape index (κ2) is 17.2. The number of benzene rings is 3. The fourth-order valence-corrected chi connectivity index (χ4v) is 5.31. The van der Waals surface area contributed by atoms with Crippen LogP contribution in [0.4, 0.5) is 8.78 Å². The van der Waals surface area contributed by atoms with Crippen LogP contribution in [0, 0.1) is 18.6 Å². The number of amides is 1. The van der Waals surface area contributed by atoms with E-state index >= 15 is 0 Å². The third-order valence-corrected chi connectivity index (χ3v) is 7.79. The summed E-state index contributed by atoms with van der Waals surface area (Å²) in [5.41, 5.74) is 5.14. The summed E-state index contributed by atoms with van der Waals surface area (Å²) in [6, 6.07) is 16.5. The van der Waals surface area contributed by atoms with Crippen molar-refractivity contribution in [2.45, 2.75) is 65.8 Å². The zero-order chi connectivity index (χ0) is 31.4. The molecule has 1 amide bonds. The minimum absolute atomic E-state index is 0.0708. The number of nitrogens with one attached hydrogen (secondary N) is 2. The van der Waals surface area contributed by atoms with Gasteiger partial charge in [0.05, 0.1) is 12.1 Å². The Morgan fingerprint density at radius 3 is 2.26 bits per heavy atom. The molecule has 0 aliphatic rings. The molecular formula is C35H48F2N4O2. The Morgan fingerprint density at radius 2 is 1.58 bits per heavy atom. The summed E-state index contributed by atoms with van der Waals surface area (Å²) in [7, 11) is 2.07. The number of rotatable bonds is 17. The van der Waals surface area contributed by atoms with Crippen molar-refractivity contribution >= 4 is 5.91 Å². The molecule has 2 atom stereocenters. The predicted octanol–water partition coefficient (Wildman–Crippen LogP) is 5.10. The van der Waals surface area contributed by atoms with Crippen LogP contribution < -0.4 is 10.6 Å². The molecule has 6 nitrogen and oxygen atoms in total. The number of likely N-dealkylation sites (N-methyl/N-ethyl adjacent to an activating group) is 2. The van der Waals surface area contributed by atoms with Gasteiger partial charge in [-0.1, -0.05) is 56.7 Å². The lowest BCUT2D eigenvalue weighted by atomic mass is 9.99. The molecule has 0 saturated heterocycles. The van der Waals surface area contributed by atoms with Gasteiger partial charge in [0.1, 0.15) is 11.6 Å². The summed E-state index contributed by atoms with van der Waals surface area (Å²) >= 11 is 0. The van der Waals surface area contributed by atoms with Crippen LogP contribution in [-0.2, 0) is 25.9 Å². The Bertz CT molecular complexity index is 1290. The smallest absolute Gasteiger partial charge is 0.251 e. The molecule has 0 spiro atoms. The van der Waals surface area contributed by atoms with Gasteiger partial charge in [-0.25, -0.2) is 8.78 Å². The number of halogens is 2. The van der Waals surface area contributed by atoms with Gasteiger partial charge in [0.2, 0.25) is 0 Å². The van der Waals surface area contributed by atoms with Gasteiger partial charge in [-0.2, -0.15) is 0 Å². The van der Waals surface area contributed by atoms with Gasteiger partial charge >= 0.3 is 0 Å². The van der Waals surface area contributed by atoms with Crippen molar-refractivity contribution in [3.8, 4) is 0 Å². The van der Waals surface area contributed by atoms with E-state index in [4.69, 9.17) is 0 Å². The van der Waals surface area contributed by atoms with Crippen LogP contribution in [0.3, 0.4) is 0 Å². The summed E-state index contributed by atoms with van der Waals surface area (Å²) in [6.45, 7) is 13.7. The molecule has 0 aliphatic carbocycles. The highest BCUT2D eigenvalue weighted by molar-refractivity contribution is 5.94. The third kappa shape index (κ3) is 11.4. The van der Waals surface area contributed by atoms with Gasteiger partial charge in [-0.05, 0) is 86.4 Å². The molecule has 0 fully saturated rings. The lowest BCUT2D eigenvalue weighted by Gasteiger charge is -2.25. The summed E-state index contributed by atoms with van der Waals surface area (Å²) in [6.07, 6.45) is 0.00349. The zero-order valence-electron chi connectivity index (χ0n) is 26.3. The molecule has 0 aliphatic heterocycles. The number of hydrogen-bond donors (Lipinski definition) is 3. The van der Waals surface area contributed by atoms with Crippen molar-refractivity contribution in [3.05, 3.63) is 106 Å². The standard InChI is InChI=1S/C35H48F2N4O2/c1-6-26-10-9-11-27(16-26)22-38-23-34(42)33(20-28-18-31(36)21-32(37)19-28)39-35(43)30-15-25(4)14-29(17-30)24-40(5)12-13-41(7-2)8-3/h9-11,14-19,21,33-34,38,42H,6-8,12-13,20,22-24H2,1-5H3,(H,39,43)/t33-,34-/m0/s1. The van der Waals surface area contributed by atoms with Gasteiger partial charge in [0.15, 0.2) is 0 Å².